The first-order valence-corrected chi connectivity index (χ1v) is 14.4. The first kappa shape index (κ1) is 27.1. The number of nitriles is 1. The molecular formula is C25H32F3N5O4S. The van der Waals surface area contributed by atoms with Crippen LogP contribution in [0.3, 0.4) is 0 Å². The highest BCUT2D eigenvalue weighted by molar-refractivity contribution is 7.99. The smallest absolute Gasteiger partial charge is 0.356 e. The normalized spacial score (nSPS) is 35.4. The lowest BCUT2D eigenvalue weighted by molar-refractivity contribution is -0.179. The Morgan fingerprint density at radius 2 is 1.76 bits per heavy atom. The number of alkyl halides is 3. The van der Waals surface area contributed by atoms with Crippen molar-refractivity contribution in [3.63, 3.8) is 0 Å². The van der Waals surface area contributed by atoms with Crippen molar-refractivity contribution in [3.05, 3.63) is 0 Å². The molecule has 0 radical (unpaired) electrons. The summed E-state index contributed by atoms with van der Waals surface area (Å²) in [5, 5.41) is 16.9. The Morgan fingerprint density at radius 3 is 2.29 bits per heavy atom. The van der Waals surface area contributed by atoms with Crippen LogP contribution >= 0.6 is 11.8 Å². The van der Waals surface area contributed by atoms with Crippen LogP contribution in [0.5, 0.6) is 0 Å². The van der Waals surface area contributed by atoms with Gasteiger partial charge in [-0.1, -0.05) is 0 Å². The van der Waals surface area contributed by atoms with Crippen molar-refractivity contribution in [2.75, 3.05) is 18.2 Å². The molecule has 4 atom stereocenters. The molecule has 2 aliphatic heterocycles. The molecule has 0 aromatic rings. The Bertz CT molecular complexity index is 1010. The molecule has 0 aromatic heterocycles. The van der Waals surface area contributed by atoms with Crippen LogP contribution in [0.2, 0.25) is 0 Å². The van der Waals surface area contributed by atoms with Crippen molar-refractivity contribution in [3.8, 4) is 6.07 Å². The summed E-state index contributed by atoms with van der Waals surface area (Å²) in [4.78, 5) is 52.4. The van der Waals surface area contributed by atoms with Gasteiger partial charge in [-0.3, -0.25) is 19.2 Å². The standard InChI is InChI=1S/C25H32F3N5O4S/c26-25(27,28)23(37)32-19(24-7-13-3-14(8-24)5-15(4-13)9-24)22(36)33-12-38-11-18(33)21(35)31-17(10-29)6-16-1-2-30-20(16)34/h13-19H,1-9,11-12H2,(H,30,34)(H,31,35)(H,32,37)/t13?,14?,15?,16-,17-,18-,19+,24?/m0/s1. The van der Waals surface area contributed by atoms with Gasteiger partial charge in [0.15, 0.2) is 0 Å². The topological polar surface area (TPSA) is 131 Å². The van der Waals surface area contributed by atoms with E-state index in [0.29, 0.717) is 50.0 Å². The molecule has 3 N–H and O–H groups in total. The number of thioether (sulfide) groups is 1. The third kappa shape index (κ3) is 5.20. The third-order valence-corrected chi connectivity index (χ3v) is 10.1. The molecule has 4 bridgehead atoms. The predicted molar refractivity (Wildman–Crippen MR) is 130 cm³/mol. The van der Waals surface area contributed by atoms with Crippen LogP contribution in [-0.2, 0) is 19.2 Å². The van der Waals surface area contributed by atoms with E-state index in [-0.39, 0.29) is 24.0 Å². The van der Waals surface area contributed by atoms with Gasteiger partial charge in [-0.05, 0) is 69.1 Å². The van der Waals surface area contributed by atoms with E-state index in [4.69, 9.17) is 0 Å². The van der Waals surface area contributed by atoms with Gasteiger partial charge in [-0.25, -0.2) is 0 Å². The maximum absolute atomic E-state index is 13.9. The number of hydrogen-bond donors (Lipinski definition) is 3. The van der Waals surface area contributed by atoms with Crippen molar-refractivity contribution >= 4 is 35.4 Å². The van der Waals surface area contributed by atoms with Crippen molar-refractivity contribution in [1.82, 2.24) is 20.9 Å². The first-order chi connectivity index (χ1) is 18.0. The molecule has 38 heavy (non-hydrogen) atoms. The second-order valence-corrected chi connectivity index (χ2v) is 12.7. The third-order valence-electron chi connectivity index (χ3n) is 9.10. The predicted octanol–water partition coefficient (Wildman–Crippen LogP) is 1.69. The Labute approximate surface area is 223 Å². The van der Waals surface area contributed by atoms with E-state index < -0.39 is 53.4 Å². The summed E-state index contributed by atoms with van der Waals surface area (Å²) in [6.07, 6.45) is 0.347. The quantitative estimate of drug-likeness (QED) is 0.438. The van der Waals surface area contributed by atoms with Crippen LogP contribution in [-0.4, -0.2) is 71.0 Å². The molecule has 208 valence electrons. The van der Waals surface area contributed by atoms with Gasteiger partial charge in [-0.2, -0.15) is 18.4 Å². The summed E-state index contributed by atoms with van der Waals surface area (Å²) in [5.41, 5.74) is -0.758. The van der Waals surface area contributed by atoms with E-state index in [2.05, 4.69) is 16.0 Å². The van der Waals surface area contributed by atoms with Crippen LogP contribution < -0.4 is 16.0 Å². The summed E-state index contributed by atoms with van der Waals surface area (Å²) in [7, 11) is 0. The zero-order valence-corrected chi connectivity index (χ0v) is 21.7. The maximum Gasteiger partial charge on any atom is 0.471 e. The maximum atomic E-state index is 13.9. The van der Waals surface area contributed by atoms with Gasteiger partial charge in [0.05, 0.1) is 11.9 Å². The minimum absolute atomic E-state index is 0.101. The average Bonchev–Trinajstić information content (AvgIpc) is 3.49. The Morgan fingerprint density at radius 1 is 1.13 bits per heavy atom. The second kappa shape index (κ2) is 10.2. The SMILES string of the molecule is N#C[C@H](C[C@@H]1CCNC1=O)NC(=O)[C@@H]1CSCN1C(=O)[C@@H](NC(=O)C(F)(F)F)C12CC3CC(CC(C3)C1)C2. The van der Waals surface area contributed by atoms with E-state index >= 15 is 0 Å². The number of carbonyl (C=O) groups is 4. The van der Waals surface area contributed by atoms with E-state index in [1.807, 2.05) is 6.07 Å². The second-order valence-electron chi connectivity index (χ2n) is 11.7. The van der Waals surface area contributed by atoms with Gasteiger partial charge in [0.25, 0.3) is 0 Å². The lowest BCUT2D eigenvalue weighted by Crippen LogP contribution is -2.65. The van der Waals surface area contributed by atoms with Crippen molar-refractivity contribution < 1.29 is 32.3 Å². The van der Waals surface area contributed by atoms with Gasteiger partial charge in [0, 0.05) is 23.6 Å². The van der Waals surface area contributed by atoms with Crippen LogP contribution in [0.15, 0.2) is 0 Å². The number of amides is 4. The van der Waals surface area contributed by atoms with Crippen molar-refractivity contribution in [2.24, 2.45) is 29.1 Å². The Hall–Kier alpha value is -2.49. The number of halogens is 3. The summed E-state index contributed by atoms with van der Waals surface area (Å²) in [6.45, 7) is 0.506. The fraction of sp³-hybridized carbons (Fsp3) is 0.800. The molecule has 4 saturated carbocycles. The zero-order valence-electron chi connectivity index (χ0n) is 20.9. The Kier molecular flexibility index (Phi) is 7.30. The molecule has 6 fully saturated rings. The highest BCUT2D eigenvalue weighted by Gasteiger charge is 2.58. The van der Waals surface area contributed by atoms with Crippen molar-refractivity contribution in [1.29, 1.82) is 5.26 Å². The van der Waals surface area contributed by atoms with Crippen molar-refractivity contribution in [2.45, 2.75) is 75.7 Å². The van der Waals surface area contributed by atoms with Crippen LogP contribution in [0, 0.1) is 40.4 Å². The largest absolute Gasteiger partial charge is 0.471 e. The van der Waals surface area contributed by atoms with Gasteiger partial charge in [0.1, 0.15) is 18.1 Å². The fourth-order valence-corrected chi connectivity index (χ4v) is 8.99. The van der Waals surface area contributed by atoms with E-state index in [0.717, 1.165) is 19.3 Å². The van der Waals surface area contributed by atoms with Crippen LogP contribution in [0.25, 0.3) is 0 Å². The highest BCUT2D eigenvalue weighted by Crippen LogP contribution is 2.61. The lowest BCUT2D eigenvalue weighted by Gasteiger charge is -2.59. The van der Waals surface area contributed by atoms with Gasteiger partial charge < -0.3 is 20.9 Å². The highest BCUT2D eigenvalue weighted by atomic mass is 32.2. The molecule has 2 heterocycles. The number of hydrogen-bond acceptors (Lipinski definition) is 6. The number of carbonyl (C=O) groups excluding carboxylic acids is 4. The summed E-state index contributed by atoms with van der Waals surface area (Å²) in [5.74, 6) is -2.65. The molecule has 9 nitrogen and oxygen atoms in total. The summed E-state index contributed by atoms with van der Waals surface area (Å²) >= 11 is 1.30. The average molecular weight is 556 g/mol. The minimum Gasteiger partial charge on any atom is -0.356 e. The molecular weight excluding hydrogens is 523 g/mol. The van der Waals surface area contributed by atoms with E-state index in [1.54, 1.807) is 0 Å². The summed E-state index contributed by atoms with van der Waals surface area (Å²) in [6, 6.07) is -1.30. The van der Waals surface area contributed by atoms with Crippen LogP contribution in [0.1, 0.15) is 51.4 Å². The monoisotopic (exact) mass is 555 g/mol. The molecule has 0 spiro atoms. The zero-order chi connectivity index (χ0) is 27.2. The molecule has 0 unspecified atom stereocenters. The lowest BCUT2D eigenvalue weighted by atomic mass is 9.47. The first-order valence-electron chi connectivity index (χ1n) is 13.2. The molecule has 6 aliphatic rings. The van der Waals surface area contributed by atoms with Gasteiger partial charge in [0.2, 0.25) is 17.7 Å². The molecule has 4 amide bonds. The molecule has 2 saturated heterocycles. The van der Waals surface area contributed by atoms with E-state index in [9.17, 15) is 37.6 Å². The Balaban J connectivity index is 1.34. The number of nitrogens with zero attached hydrogens (tertiary/aromatic N) is 2. The van der Waals surface area contributed by atoms with E-state index in [1.165, 1.54) is 16.7 Å². The van der Waals surface area contributed by atoms with Gasteiger partial charge in [-0.15, -0.1) is 11.8 Å². The number of nitrogens with one attached hydrogen (secondary N) is 3. The minimum atomic E-state index is -5.14. The van der Waals surface area contributed by atoms with Crippen LogP contribution in [0.4, 0.5) is 13.2 Å². The molecule has 6 rings (SSSR count). The molecule has 0 aromatic carbocycles. The summed E-state index contributed by atoms with van der Waals surface area (Å²) < 4.78 is 40.0. The molecule has 13 heteroatoms. The molecule has 4 aliphatic carbocycles. The fourth-order valence-electron chi connectivity index (χ4n) is 7.83. The van der Waals surface area contributed by atoms with Gasteiger partial charge >= 0.3 is 12.1 Å². The number of rotatable bonds is 7.